The third kappa shape index (κ3) is 6.30. The Labute approximate surface area is 170 Å². The van der Waals surface area contributed by atoms with Crippen molar-refractivity contribution in [2.24, 2.45) is 0 Å². The lowest BCUT2D eigenvalue weighted by atomic mass is 10.2. The van der Waals surface area contributed by atoms with E-state index in [-0.39, 0.29) is 17.1 Å². The topological polar surface area (TPSA) is 79.0 Å². The highest BCUT2D eigenvalue weighted by Crippen LogP contribution is 2.27. The van der Waals surface area contributed by atoms with Crippen LogP contribution in [0.4, 0.5) is 10.1 Å². The largest absolute Gasteiger partial charge is 0.379 e. The molecule has 2 rings (SSSR count). The molecule has 1 atom stereocenters. The number of nitrogens with one attached hydrogen (secondary N) is 1. The molecule has 1 fully saturated rings. The van der Waals surface area contributed by atoms with E-state index in [2.05, 4.69) is 10.2 Å². The van der Waals surface area contributed by atoms with Crippen molar-refractivity contribution >= 4 is 33.2 Å². The molecule has 0 radical (unpaired) electrons. The fourth-order valence-corrected chi connectivity index (χ4v) is 4.52. The smallest absolute Gasteiger partial charge is 0.243 e. The first-order valence-electron chi connectivity index (χ1n) is 9.26. The Bertz CT molecular complexity index is 772. The molecule has 7 nitrogen and oxygen atoms in total. The second-order valence-corrected chi connectivity index (χ2v) is 8.95. The van der Waals surface area contributed by atoms with Gasteiger partial charge >= 0.3 is 0 Å². The van der Waals surface area contributed by atoms with Crippen LogP contribution in [0.2, 0.25) is 5.02 Å². The van der Waals surface area contributed by atoms with E-state index in [4.69, 9.17) is 16.3 Å². The lowest BCUT2D eigenvalue weighted by Crippen LogP contribution is -2.49. The normalized spacial score (nSPS) is 16.6. The molecule has 10 heteroatoms. The van der Waals surface area contributed by atoms with Crippen LogP contribution in [0.1, 0.15) is 19.8 Å². The number of hydrogen-bond donors (Lipinski definition) is 1. The van der Waals surface area contributed by atoms with Crippen LogP contribution in [0, 0.1) is 5.82 Å². The van der Waals surface area contributed by atoms with Crippen LogP contribution >= 0.6 is 11.6 Å². The van der Waals surface area contributed by atoms with Crippen LogP contribution in [0.3, 0.4) is 0 Å². The second kappa shape index (κ2) is 10.4. The van der Waals surface area contributed by atoms with Crippen molar-refractivity contribution in [1.82, 2.24) is 10.2 Å². The first-order valence-corrected chi connectivity index (χ1v) is 11.5. The number of carbonyl (C=O) groups excluding carboxylic acids is 1. The first kappa shape index (κ1) is 22.9. The van der Waals surface area contributed by atoms with Gasteiger partial charge in [-0.2, -0.15) is 0 Å². The van der Waals surface area contributed by atoms with Crippen LogP contribution in [-0.4, -0.2) is 70.9 Å². The Morgan fingerprint density at radius 1 is 1.39 bits per heavy atom. The van der Waals surface area contributed by atoms with E-state index in [1.54, 1.807) is 6.92 Å². The zero-order valence-corrected chi connectivity index (χ0v) is 17.7. The zero-order valence-electron chi connectivity index (χ0n) is 16.2. The molecule has 1 aromatic rings. The van der Waals surface area contributed by atoms with Crippen molar-refractivity contribution in [2.45, 2.75) is 25.8 Å². The fraction of sp³-hybridized carbons (Fsp3) is 0.611. The Hall–Kier alpha value is -1.42. The number of nitrogens with zero attached hydrogens (tertiary/aromatic N) is 2. The fourth-order valence-electron chi connectivity index (χ4n) is 3.14. The van der Waals surface area contributed by atoms with E-state index in [0.29, 0.717) is 19.8 Å². The predicted octanol–water partition coefficient (Wildman–Crippen LogP) is 1.86. The van der Waals surface area contributed by atoms with Gasteiger partial charge in [0.2, 0.25) is 15.9 Å². The molecule has 1 aromatic carbocycles. The molecule has 0 aromatic heterocycles. The van der Waals surface area contributed by atoms with Gasteiger partial charge in [0.15, 0.2) is 0 Å². The van der Waals surface area contributed by atoms with Crippen molar-refractivity contribution in [3.63, 3.8) is 0 Å². The summed E-state index contributed by atoms with van der Waals surface area (Å²) in [7, 11) is -3.78. The molecule has 0 saturated carbocycles. The summed E-state index contributed by atoms with van der Waals surface area (Å²) in [5.41, 5.74) is 0.157. The Balaban J connectivity index is 2.03. The Kier molecular flexibility index (Phi) is 8.48. The van der Waals surface area contributed by atoms with Gasteiger partial charge in [0.1, 0.15) is 11.9 Å². The Morgan fingerprint density at radius 2 is 2.07 bits per heavy atom. The van der Waals surface area contributed by atoms with E-state index in [1.165, 1.54) is 12.1 Å². The van der Waals surface area contributed by atoms with E-state index >= 15 is 0 Å². The molecule has 1 aliphatic rings. The molecule has 1 N–H and O–H groups in total. The van der Waals surface area contributed by atoms with E-state index in [1.807, 2.05) is 0 Å². The first-order chi connectivity index (χ1) is 13.2. The van der Waals surface area contributed by atoms with E-state index in [0.717, 1.165) is 42.7 Å². The van der Waals surface area contributed by atoms with Crippen LogP contribution in [-0.2, 0) is 19.6 Å². The number of morpholine rings is 1. The minimum Gasteiger partial charge on any atom is -0.379 e. The van der Waals surface area contributed by atoms with E-state index < -0.39 is 27.8 Å². The van der Waals surface area contributed by atoms with E-state index in [9.17, 15) is 17.6 Å². The van der Waals surface area contributed by atoms with Gasteiger partial charge in [-0.15, -0.1) is 0 Å². The van der Waals surface area contributed by atoms with Crippen LogP contribution in [0.5, 0.6) is 0 Å². The summed E-state index contributed by atoms with van der Waals surface area (Å²) in [4.78, 5) is 14.9. The maximum Gasteiger partial charge on any atom is 0.243 e. The standard InChI is InChI=1S/C18H27ClFN3O4S/c1-3-17(18(24)21-7-4-8-22-9-11-27-12-10-22)23(28(2,25)26)14-5-6-16(20)15(19)13-14/h5-6,13,17H,3-4,7-12H2,1-2H3,(H,21,24). The summed E-state index contributed by atoms with van der Waals surface area (Å²) >= 11 is 5.80. The van der Waals surface area contributed by atoms with Gasteiger partial charge in [0.05, 0.1) is 30.2 Å². The lowest BCUT2D eigenvalue weighted by Gasteiger charge is -2.30. The van der Waals surface area contributed by atoms with Gasteiger partial charge < -0.3 is 10.1 Å². The average Bonchev–Trinajstić information content (AvgIpc) is 2.65. The number of benzene rings is 1. The summed E-state index contributed by atoms with van der Waals surface area (Å²) in [5.74, 6) is -1.05. The maximum absolute atomic E-state index is 13.5. The zero-order chi connectivity index (χ0) is 20.7. The summed E-state index contributed by atoms with van der Waals surface area (Å²) < 4.78 is 44.5. The molecule has 1 saturated heterocycles. The predicted molar refractivity (Wildman–Crippen MR) is 108 cm³/mol. The van der Waals surface area contributed by atoms with Gasteiger partial charge in [0, 0.05) is 19.6 Å². The van der Waals surface area contributed by atoms with Gasteiger partial charge in [-0.25, -0.2) is 12.8 Å². The highest BCUT2D eigenvalue weighted by molar-refractivity contribution is 7.92. The van der Waals surface area contributed by atoms with Crippen molar-refractivity contribution in [2.75, 3.05) is 50.0 Å². The average molecular weight is 436 g/mol. The molecule has 158 valence electrons. The van der Waals surface area contributed by atoms with Crippen molar-refractivity contribution in [1.29, 1.82) is 0 Å². The molecule has 0 spiro atoms. The number of anilines is 1. The maximum atomic E-state index is 13.5. The van der Waals surface area contributed by atoms with Crippen molar-refractivity contribution < 1.29 is 22.3 Å². The molecular formula is C18H27ClFN3O4S. The van der Waals surface area contributed by atoms with Crippen LogP contribution < -0.4 is 9.62 Å². The highest BCUT2D eigenvalue weighted by Gasteiger charge is 2.31. The third-order valence-electron chi connectivity index (χ3n) is 4.54. The minimum atomic E-state index is -3.78. The molecule has 1 heterocycles. The molecule has 1 unspecified atom stereocenters. The molecule has 0 bridgehead atoms. The quantitative estimate of drug-likeness (QED) is 0.599. The summed E-state index contributed by atoms with van der Waals surface area (Å²) in [5, 5.41) is 2.61. The third-order valence-corrected chi connectivity index (χ3v) is 6.01. The molecule has 1 amide bonds. The number of amides is 1. The van der Waals surface area contributed by atoms with Gasteiger partial charge in [-0.3, -0.25) is 14.0 Å². The number of hydrogen-bond acceptors (Lipinski definition) is 5. The number of ether oxygens (including phenoxy) is 1. The van der Waals surface area contributed by atoms with Crippen LogP contribution in [0.25, 0.3) is 0 Å². The summed E-state index contributed by atoms with van der Waals surface area (Å²) in [6.07, 6.45) is 2.03. The number of carbonyl (C=O) groups is 1. The van der Waals surface area contributed by atoms with Crippen molar-refractivity contribution in [3.05, 3.63) is 29.0 Å². The van der Waals surface area contributed by atoms with Crippen LogP contribution in [0.15, 0.2) is 18.2 Å². The van der Waals surface area contributed by atoms with Crippen molar-refractivity contribution in [3.8, 4) is 0 Å². The lowest BCUT2D eigenvalue weighted by molar-refractivity contribution is -0.122. The molecule has 0 aliphatic carbocycles. The molecular weight excluding hydrogens is 409 g/mol. The monoisotopic (exact) mass is 435 g/mol. The van der Waals surface area contributed by atoms with Gasteiger partial charge in [-0.1, -0.05) is 18.5 Å². The summed E-state index contributed by atoms with van der Waals surface area (Å²) in [6.45, 7) is 6.18. The number of halogens is 2. The van der Waals surface area contributed by atoms with Gasteiger partial charge in [-0.05, 0) is 37.6 Å². The summed E-state index contributed by atoms with van der Waals surface area (Å²) in [6, 6.07) is 2.66. The van der Waals surface area contributed by atoms with Gasteiger partial charge in [0.25, 0.3) is 0 Å². The minimum absolute atomic E-state index is 0.157. The number of rotatable bonds is 9. The highest BCUT2D eigenvalue weighted by atomic mass is 35.5. The Morgan fingerprint density at radius 3 is 2.64 bits per heavy atom. The second-order valence-electron chi connectivity index (χ2n) is 6.68. The number of sulfonamides is 1. The SMILES string of the molecule is CCC(C(=O)NCCCN1CCOCC1)N(c1ccc(F)c(Cl)c1)S(C)(=O)=O. The molecule has 1 aliphatic heterocycles. The molecule has 28 heavy (non-hydrogen) atoms.